The molecule has 0 atom stereocenters. The second-order valence-corrected chi connectivity index (χ2v) is 7.48. The third-order valence-corrected chi connectivity index (χ3v) is 3.99. The molecular formula is C18H21BrN2O. The van der Waals surface area contributed by atoms with E-state index in [0.29, 0.717) is 10.2 Å². The van der Waals surface area contributed by atoms with Gasteiger partial charge in [0.2, 0.25) is 0 Å². The minimum absolute atomic E-state index is 0.0274. The summed E-state index contributed by atoms with van der Waals surface area (Å²) < 4.78 is 0.634. The third kappa shape index (κ3) is 3.95. The van der Waals surface area contributed by atoms with Gasteiger partial charge in [-0.05, 0) is 76.1 Å². The van der Waals surface area contributed by atoms with Crippen molar-refractivity contribution < 1.29 is 5.11 Å². The number of rotatable bonds is 2. The van der Waals surface area contributed by atoms with Crippen LogP contribution in [0.25, 0.3) is 0 Å². The average molecular weight is 361 g/mol. The molecular weight excluding hydrogens is 340 g/mol. The monoisotopic (exact) mass is 360 g/mol. The number of nitrogens with zero attached hydrogens (tertiary/aromatic N) is 2. The summed E-state index contributed by atoms with van der Waals surface area (Å²) in [7, 11) is 0. The van der Waals surface area contributed by atoms with Gasteiger partial charge < -0.3 is 5.11 Å². The zero-order valence-corrected chi connectivity index (χ0v) is 15.2. The lowest BCUT2D eigenvalue weighted by atomic mass is 9.87. The normalized spacial score (nSPS) is 12.1. The van der Waals surface area contributed by atoms with E-state index < -0.39 is 0 Å². The van der Waals surface area contributed by atoms with E-state index >= 15 is 0 Å². The van der Waals surface area contributed by atoms with E-state index in [-0.39, 0.29) is 11.2 Å². The van der Waals surface area contributed by atoms with Gasteiger partial charge in [-0.15, -0.1) is 5.11 Å². The molecule has 2 aromatic rings. The predicted octanol–water partition coefficient (Wildman–Crippen LogP) is 6.48. The number of hydrogen-bond acceptors (Lipinski definition) is 3. The minimum Gasteiger partial charge on any atom is -0.505 e. The van der Waals surface area contributed by atoms with E-state index in [2.05, 4.69) is 53.0 Å². The minimum atomic E-state index is -0.0274. The van der Waals surface area contributed by atoms with E-state index in [4.69, 9.17) is 0 Å². The molecule has 22 heavy (non-hydrogen) atoms. The van der Waals surface area contributed by atoms with Gasteiger partial charge in [-0.25, -0.2) is 0 Å². The van der Waals surface area contributed by atoms with Crippen molar-refractivity contribution in [1.82, 2.24) is 0 Å². The molecule has 0 saturated heterocycles. The molecule has 0 heterocycles. The van der Waals surface area contributed by atoms with Gasteiger partial charge in [0.15, 0.2) is 5.75 Å². The van der Waals surface area contributed by atoms with Crippen LogP contribution in [0.1, 0.15) is 37.5 Å². The Morgan fingerprint density at radius 3 is 2.05 bits per heavy atom. The first-order chi connectivity index (χ1) is 10.2. The Bertz CT molecular complexity index is 710. The number of benzene rings is 2. The third-order valence-electron chi connectivity index (χ3n) is 3.39. The summed E-state index contributed by atoms with van der Waals surface area (Å²) in [6.07, 6.45) is 0. The molecule has 2 rings (SSSR count). The first-order valence-electron chi connectivity index (χ1n) is 7.20. The van der Waals surface area contributed by atoms with Crippen LogP contribution < -0.4 is 0 Å². The molecule has 116 valence electrons. The van der Waals surface area contributed by atoms with Crippen LogP contribution in [0.4, 0.5) is 11.4 Å². The maximum absolute atomic E-state index is 10.2. The Balaban J connectivity index is 2.44. The fourth-order valence-corrected chi connectivity index (χ4v) is 2.66. The number of aryl methyl sites for hydroxylation is 2. The Kier molecular flexibility index (Phi) is 4.71. The van der Waals surface area contributed by atoms with Crippen molar-refractivity contribution in [3.8, 4) is 5.75 Å². The van der Waals surface area contributed by atoms with Crippen molar-refractivity contribution in [3.05, 3.63) is 51.5 Å². The van der Waals surface area contributed by atoms with Crippen LogP contribution in [0.3, 0.4) is 0 Å². The Morgan fingerprint density at radius 2 is 1.50 bits per heavy atom. The largest absolute Gasteiger partial charge is 0.505 e. The van der Waals surface area contributed by atoms with Crippen LogP contribution in [0, 0.1) is 13.8 Å². The Morgan fingerprint density at radius 1 is 0.909 bits per heavy atom. The molecule has 0 amide bonds. The first kappa shape index (κ1) is 16.7. The van der Waals surface area contributed by atoms with Gasteiger partial charge in [0.1, 0.15) is 5.69 Å². The van der Waals surface area contributed by atoms with Gasteiger partial charge in [0, 0.05) is 0 Å². The number of phenols is 1. The van der Waals surface area contributed by atoms with E-state index in [0.717, 1.165) is 22.4 Å². The molecule has 0 bridgehead atoms. The van der Waals surface area contributed by atoms with Crippen LogP contribution in [-0.2, 0) is 5.41 Å². The molecule has 3 nitrogen and oxygen atoms in total. The topological polar surface area (TPSA) is 45.0 Å². The molecule has 2 aromatic carbocycles. The number of halogens is 1. The van der Waals surface area contributed by atoms with E-state index in [1.807, 2.05) is 38.1 Å². The summed E-state index contributed by atoms with van der Waals surface area (Å²) in [4.78, 5) is 0. The van der Waals surface area contributed by atoms with Gasteiger partial charge in [-0.3, -0.25) is 0 Å². The molecule has 0 saturated carbocycles. The summed E-state index contributed by atoms with van der Waals surface area (Å²) in [6, 6.07) is 9.83. The summed E-state index contributed by atoms with van der Waals surface area (Å²) >= 11 is 3.39. The fraction of sp³-hybridized carbons (Fsp3) is 0.333. The van der Waals surface area contributed by atoms with Crippen molar-refractivity contribution in [3.63, 3.8) is 0 Å². The van der Waals surface area contributed by atoms with Crippen LogP contribution in [0.2, 0.25) is 0 Å². The molecule has 0 aliphatic heterocycles. The van der Waals surface area contributed by atoms with Gasteiger partial charge in [-0.2, -0.15) is 5.11 Å². The van der Waals surface area contributed by atoms with E-state index in [1.165, 1.54) is 0 Å². The standard InChI is InChI=1S/C18H21BrN2O/c1-11-6-12(2)8-14(7-11)20-21-16-10-13(18(3,4)5)9-15(19)17(16)22/h6-10,22H,1-5H3. The average Bonchev–Trinajstić information content (AvgIpc) is 2.38. The van der Waals surface area contributed by atoms with E-state index in [9.17, 15) is 5.11 Å². The predicted molar refractivity (Wildman–Crippen MR) is 94.6 cm³/mol. The lowest BCUT2D eigenvalue weighted by Gasteiger charge is -2.20. The smallest absolute Gasteiger partial charge is 0.157 e. The maximum Gasteiger partial charge on any atom is 0.157 e. The van der Waals surface area contributed by atoms with Crippen LogP contribution in [0.15, 0.2) is 45.0 Å². The van der Waals surface area contributed by atoms with Crippen LogP contribution in [-0.4, -0.2) is 5.11 Å². The van der Waals surface area contributed by atoms with Crippen molar-refractivity contribution in [2.45, 2.75) is 40.0 Å². The Hall–Kier alpha value is -1.68. The highest BCUT2D eigenvalue weighted by atomic mass is 79.9. The second-order valence-electron chi connectivity index (χ2n) is 6.62. The quantitative estimate of drug-likeness (QED) is 0.611. The molecule has 1 N–H and O–H groups in total. The Labute approximate surface area is 140 Å². The lowest BCUT2D eigenvalue weighted by Crippen LogP contribution is -2.10. The zero-order valence-electron chi connectivity index (χ0n) is 13.6. The lowest BCUT2D eigenvalue weighted by molar-refractivity contribution is 0.471. The van der Waals surface area contributed by atoms with Crippen LogP contribution in [0.5, 0.6) is 5.75 Å². The van der Waals surface area contributed by atoms with Crippen LogP contribution >= 0.6 is 15.9 Å². The highest BCUT2D eigenvalue weighted by Crippen LogP contribution is 2.39. The maximum atomic E-state index is 10.2. The van der Waals surface area contributed by atoms with Gasteiger partial charge >= 0.3 is 0 Å². The molecule has 0 spiro atoms. The second kappa shape index (κ2) is 6.21. The van der Waals surface area contributed by atoms with Gasteiger partial charge in [-0.1, -0.05) is 26.8 Å². The zero-order chi connectivity index (χ0) is 16.5. The molecule has 0 aromatic heterocycles. The molecule has 0 unspecified atom stereocenters. The highest BCUT2D eigenvalue weighted by Gasteiger charge is 2.18. The summed E-state index contributed by atoms with van der Waals surface area (Å²) in [6.45, 7) is 10.4. The molecule has 0 fully saturated rings. The van der Waals surface area contributed by atoms with Crippen molar-refractivity contribution >= 4 is 27.3 Å². The molecule has 0 radical (unpaired) electrons. The number of hydrogen-bond donors (Lipinski definition) is 1. The molecule has 4 heteroatoms. The summed E-state index contributed by atoms with van der Waals surface area (Å²) in [5, 5.41) is 18.7. The number of aromatic hydroxyl groups is 1. The molecule has 0 aliphatic carbocycles. The molecule has 0 aliphatic rings. The van der Waals surface area contributed by atoms with E-state index in [1.54, 1.807) is 0 Å². The van der Waals surface area contributed by atoms with Gasteiger partial charge in [0.05, 0.1) is 10.2 Å². The van der Waals surface area contributed by atoms with Crippen molar-refractivity contribution in [2.24, 2.45) is 10.2 Å². The van der Waals surface area contributed by atoms with Gasteiger partial charge in [0.25, 0.3) is 0 Å². The number of phenolic OH excluding ortho intramolecular Hbond substituents is 1. The first-order valence-corrected chi connectivity index (χ1v) is 7.99. The van der Waals surface area contributed by atoms with Crippen molar-refractivity contribution in [1.29, 1.82) is 0 Å². The summed E-state index contributed by atoms with van der Waals surface area (Å²) in [5.74, 6) is 0.112. The number of azo groups is 1. The highest BCUT2D eigenvalue weighted by molar-refractivity contribution is 9.10. The van der Waals surface area contributed by atoms with Crippen molar-refractivity contribution in [2.75, 3.05) is 0 Å². The SMILES string of the molecule is Cc1cc(C)cc(N=Nc2cc(C(C)(C)C)cc(Br)c2O)c1. The fourth-order valence-electron chi connectivity index (χ4n) is 2.21. The summed E-state index contributed by atoms with van der Waals surface area (Å²) in [5.41, 5.74) is 4.60.